The number of hydrogen-bond acceptors (Lipinski definition) is 7. The van der Waals surface area contributed by atoms with Crippen molar-refractivity contribution in [2.24, 2.45) is 0 Å². The third-order valence-electron chi connectivity index (χ3n) is 4.64. The molecule has 0 aliphatic rings. The molecule has 10 heteroatoms. The summed E-state index contributed by atoms with van der Waals surface area (Å²) in [5.74, 6) is -1.82. The Balaban J connectivity index is 1.49. The summed E-state index contributed by atoms with van der Waals surface area (Å²) in [5, 5.41) is 7.65. The molecule has 1 N–H and O–H groups in total. The van der Waals surface area contributed by atoms with Crippen molar-refractivity contribution in [1.29, 1.82) is 0 Å². The molecule has 0 aliphatic carbocycles. The Labute approximate surface area is 191 Å². The van der Waals surface area contributed by atoms with Gasteiger partial charge in [0.2, 0.25) is 4.96 Å². The van der Waals surface area contributed by atoms with Crippen molar-refractivity contribution in [3.05, 3.63) is 92.6 Å². The van der Waals surface area contributed by atoms with E-state index < -0.39 is 17.7 Å². The lowest BCUT2D eigenvalue weighted by Crippen LogP contribution is -2.18. The van der Waals surface area contributed by atoms with Gasteiger partial charge >= 0.3 is 5.97 Å². The summed E-state index contributed by atoms with van der Waals surface area (Å²) in [5.41, 5.74) is 0.381. The van der Waals surface area contributed by atoms with Crippen molar-refractivity contribution in [3.63, 3.8) is 0 Å². The highest BCUT2D eigenvalue weighted by Gasteiger charge is 2.17. The van der Waals surface area contributed by atoms with Crippen molar-refractivity contribution in [2.45, 2.75) is 26.4 Å². The molecule has 2 heterocycles. The fourth-order valence-corrected chi connectivity index (χ4v) is 4.12. The first kappa shape index (κ1) is 22.3. The van der Waals surface area contributed by atoms with Crippen LogP contribution in [0.4, 0.5) is 10.1 Å². The average Bonchev–Trinajstić information content (AvgIpc) is 3.21. The van der Waals surface area contributed by atoms with Crippen LogP contribution in [0, 0.1) is 5.82 Å². The predicted molar refractivity (Wildman–Crippen MR) is 121 cm³/mol. The van der Waals surface area contributed by atoms with Crippen LogP contribution in [0.2, 0.25) is 0 Å². The summed E-state index contributed by atoms with van der Waals surface area (Å²) in [6, 6.07) is 12.8. The molecule has 0 radical (unpaired) electrons. The smallest absolute Gasteiger partial charge is 0.340 e. The largest absolute Gasteiger partial charge is 0.456 e. The number of halogens is 1. The number of esters is 1. The van der Waals surface area contributed by atoms with Crippen LogP contribution in [0.1, 0.15) is 44.8 Å². The molecular formula is C23H19FN4O4S. The summed E-state index contributed by atoms with van der Waals surface area (Å²) < 4.78 is 20.0. The van der Waals surface area contributed by atoms with Crippen molar-refractivity contribution < 1.29 is 18.7 Å². The van der Waals surface area contributed by atoms with Gasteiger partial charge in [-0.25, -0.2) is 14.2 Å². The summed E-state index contributed by atoms with van der Waals surface area (Å²) in [7, 11) is 0. The zero-order valence-corrected chi connectivity index (χ0v) is 18.4. The fourth-order valence-electron chi connectivity index (χ4n) is 3.10. The topological polar surface area (TPSA) is 103 Å². The lowest BCUT2D eigenvalue weighted by Gasteiger charge is -2.11. The van der Waals surface area contributed by atoms with Crippen LogP contribution >= 0.6 is 11.3 Å². The number of hydrogen-bond donors (Lipinski definition) is 1. The van der Waals surface area contributed by atoms with Gasteiger partial charge in [-0.3, -0.25) is 9.59 Å². The number of benzene rings is 2. The number of ether oxygens (including phenoxy) is 1. The first-order chi connectivity index (χ1) is 15.9. The van der Waals surface area contributed by atoms with Gasteiger partial charge in [-0.1, -0.05) is 36.5 Å². The van der Waals surface area contributed by atoms with Crippen LogP contribution in [-0.4, -0.2) is 26.5 Å². The molecule has 0 spiro atoms. The zero-order valence-electron chi connectivity index (χ0n) is 17.6. The highest BCUT2D eigenvalue weighted by Crippen LogP contribution is 2.19. The standard InChI is InChI=1S/C23H19FN4O4S/c1-2-6-19-27-28-20(29)12-16(25-23(28)33-19)13-32-22(31)17-9-3-4-10-18(17)26-21(30)14-7-5-8-15(24)11-14/h3-5,7-12H,2,6,13H2,1H3,(H,26,30). The first-order valence-electron chi connectivity index (χ1n) is 10.2. The van der Waals surface area contributed by atoms with Gasteiger partial charge in [-0.2, -0.15) is 9.61 Å². The summed E-state index contributed by atoms with van der Waals surface area (Å²) in [4.78, 5) is 42.3. The molecule has 4 rings (SSSR count). The van der Waals surface area contributed by atoms with Crippen LogP contribution in [-0.2, 0) is 17.8 Å². The van der Waals surface area contributed by atoms with E-state index >= 15 is 0 Å². The minimum absolute atomic E-state index is 0.114. The summed E-state index contributed by atoms with van der Waals surface area (Å²) in [6.45, 7) is 1.79. The van der Waals surface area contributed by atoms with Crippen LogP contribution in [0.15, 0.2) is 59.4 Å². The molecule has 0 unspecified atom stereocenters. The van der Waals surface area contributed by atoms with Crippen LogP contribution in [0.3, 0.4) is 0 Å². The minimum Gasteiger partial charge on any atom is -0.456 e. The van der Waals surface area contributed by atoms with Gasteiger partial charge in [-0.05, 0) is 36.8 Å². The molecule has 4 aromatic rings. The van der Waals surface area contributed by atoms with E-state index in [-0.39, 0.29) is 29.0 Å². The first-order valence-corrected chi connectivity index (χ1v) is 11.0. The molecule has 1 amide bonds. The number of carbonyl (C=O) groups is 2. The molecule has 0 saturated heterocycles. The van der Waals surface area contributed by atoms with E-state index in [1.165, 1.54) is 52.3 Å². The van der Waals surface area contributed by atoms with E-state index in [4.69, 9.17) is 4.74 Å². The Bertz CT molecular complexity index is 1400. The number of nitrogens with zero attached hydrogens (tertiary/aromatic N) is 3. The quantitative estimate of drug-likeness (QED) is 0.415. The van der Waals surface area contributed by atoms with Crippen LogP contribution in [0.25, 0.3) is 4.96 Å². The fraction of sp³-hybridized carbons (Fsp3) is 0.174. The highest BCUT2D eigenvalue weighted by atomic mass is 32.1. The SMILES string of the molecule is CCCc1nn2c(=O)cc(COC(=O)c3ccccc3NC(=O)c3cccc(F)c3)nc2s1. The van der Waals surface area contributed by atoms with Gasteiger partial charge in [0.05, 0.1) is 16.9 Å². The van der Waals surface area contributed by atoms with Gasteiger partial charge in [0.1, 0.15) is 17.4 Å². The van der Waals surface area contributed by atoms with E-state index in [2.05, 4.69) is 15.4 Å². The number of amides is 1. The van der Waals surface area contributed by atoms with Crippen molar-refractivity contribution in [2.75, 3.05) is 5.32 Å². The monoisotopic (exact) mass is 466 g/mol. The summed E-state index contributed by atoms with van der Waals surface area (Å²) in [6.07, 6.45) is 1.64. The molecule has 2 aromatic heterocycles. The number of nitrogens with one attached hydrogen (secondary N) is 1. The Hall–Kier alpha value is -3.92. The second kappa shape index (κ2) is 9.70. The molecule has 0 saturated carbocycles. The maximum atomic E-state index is 13.4. The average molecular weight is 466 g/mol. The Morgan fingerprint density at radius 3 is 2.76 bits per heavy atom. The van der Waals surface area contributed by atoms with Gasteiger partial charge in [-0.15, -0.1) is 0 Å². The molecule has 2 aromatic carbocycles. The highest BCUT2D eigenvalue weighted by molar-refractivity contribution is 7.16. The van der Waals surface area contributed by atoms with Gasteiger partial charge in [0.15, 0.2) is 0 Å². The Morgan fingerprint density at radius 2 is 1.97 bits per heavy atom. The van der Waals surface area contributed by atoms with E-state index in [9.17, 15) is 18.8 Å². The van der Waals surface area contributed by atoms with Gasteiger partial charge in [0, 0.05) is 18.1 Å². The normalized spacial score (nSPS) is 10.8. The minimum atomic E-state index is -0.705. The molecule has 0 atom stereocenters. The van der Waals surface area contributed by atoms with E-state index in [0.717, 1.165) is 23.9 Å². The van der Waals surface area contributed by atoms with Crippen molar-refractivity contribution in [3.8, 4) is 0 Å². The Morgan fingerprint density at radius 1 is 1.15 bits per heavy atom. The van der Waals surface area contributed by atoms with Crippen molar-refractivity contribution >= 4 is 33.9 Å². The predicted octanol–water partition coefficient (Wildman–Crippen LogP) is 3.85. The second-order valence-electron chi connectivity index (χ2n) is 7.11. The van der Waals surface area contributed by atoms with E-state index in [1.807, 2.05) is 6.92 Å². The summed E-state index contributed by atoms with van der Waals surface area (Å²) >= 11 is 1.32. The zero-order chi connectivity index (χ0) is 23.4. The van der Waals surface area contributed by atoms with Crippen LogP contribution in [0.5, 0.6) is 0 Å². The maximum Gasteiger partial charge on any atom is 0.340 e. The third-order valence-corrected chi connectivity index (χ3v) is 5.61. The molecule has 168 valence electrons. The number of para-hydroxylation sites is 1. The number of rotatable bonds is 7. The number of aryl methyl sites for hydroxylation is 1. The van der Waals surface area contributed by atoms with E-state index in [1.54, 1.807) is 12.1 Å². The van der Waals surface area contributed by atoms with Crippen molar-refractivity contribution in [1.82, 2.24) is 14.6 Å². The third kappa shape index (κ3) is 5.12. The maximum absolute atomic E-state index is 13.4. The molecule has 0 bridgehead atoms. The molecule has 33 heavy (non-hydrogen) atoms. The number of fused-ring (bicyclic) bond motifs is 1. The molecular weight excluding hydrogens is 447 g/mol. The lowest BCUT2D eigenvalue weighted by molar-refractivity contribution is 0.0469. The molecule has 0 fully saturated rings. The van der Waals surface area contributed by atoms with E-state index in [0.29, 0.717) is 10.7 Å². The molecule has 8 nitrogen and oxygen atoms in total. The van der Waals surface area contributed by atoms with Gasteiger partial charge < -0.3 is 10.1 Å². The number of carbonyl (C=O) groups excluding carboxylic acids is 2. The number of aromatic nitrogens is 3. The second-order valence-corrected chi connectivity index (χ2v) is 8.15. The molecule has 0 aliphatic heterocycles. The lowest BCUT2D eigenvalue weighted by atomic mass is 10.1. The van der Waals surface area contributed by atoms with Gasteiger partial charge in [0.25, 0.3) is 11.5 Å². The Kier molecular flexibility index (Phi) is 6.55. The van der Waals surface area contributed by atoms with Crippen LogP contribution < -0.4 is 10.9 Å². The number of anilines is 1.